The van der Waals surface area contributed by atoms with Crippen LogP contribution in [0.4, 0.5) is 19.0 Å². The number of nitrogen functional groups attached to an aromatic ring is 1. The average Bonchev–Trinajstić information content (AvgIpc) is 2.71. The number of nitrogens with two attached hydrogens (primary N) is 1. The molecule has 0 aliphatic rings. The largest absolute Gasteiger partial charge is 0.416 e. The number of anilines is 1. The Morgan fingerprint density at radius 1 is 1.26 bits per heavy atom. The number of nitrogens with zero attached hydrogens (tertiary/aromatic N) is 2. The highest BCUT2D eigenvalue weighted by atomic mass is 19.4. The van der Waals surface area contributed by atoms with E-state index < -0.39 is 11.7 Å². The van der Waals surface area contributed by atoms with Gasteiger partial charge in [-0.25, -0.2) is 4.98 Å². The van der Waals surface area contributed by atoms with E-state index in [0.717, 1.165) is 12.1 Å². The van der Waals surface area contributed by atoms with Crippen LogP contribution in [0.15, 0.2) is 30.6 Å². The van der Waals surface area contributed by atoms with Crippen LogP contribution in [-0.4, -0.2) is 9.55 Å². The Hall–Kier alpha value is -2.42. The smallest absolute Gasteiger partial charge is 0.383 e. The van der Waals surface area contributed by atoms with Crippen molar-refractivity contribution in [3.63, 3.8) is 0 Å². The molecule has 1 heterocycles. The molecular formula is C13H10F3N3. The summed E-state index contributed by atoms with van der Waals surface area (Å²) in [6.45, 7) is 0.263. The zero-order chi connectivity index (χ0) is 14.0. The third-order valence-corrected chi connectivity index (χ3v) is 2.63. The second-order valence-corrected chi connectivity index (χ2v) is 3.89. The lowest BCUT2D eigenvalue weighted by Gasteiger charge is -2.07. The molecule has 0 aliphatic carbocycles. The fourth-order valence-corrected chi connectivity index (χ4v) is 1.66. The van der Waals surface area contributed by atoms with Gasteiger partial charge in [-0.3, -0.25) is 0 Å². The minimum atomic E-state index is -4.35. The summed E-state index contributed by atoms with van der Waals surface area (Å²) in [6, 6.07) is 4.66. The van der Waals surface area contributed by atoms with E-state index in [4.69, 9.17) is 12.2 Å². The van der Waals surface area contributed by atoms with E-state index in [0.29, 0.717) is 17.1 Å². The van der Waals surface area contributed by atoms with Crippen molar-refractivity contribution in [3.05, 3.63) is 36.2 Å². The number of alkyl halides is 3. The van der Waals surface area contributed by atoms with E-state index in [9.17, 15) is 13.2 Å². The molecule has 0 spiro atoms. The van der Waals surface area contributed by atoms with Crippen molar-refractivity contribution in [1.82, 2.24) is 9.55 Å². The summed E-state index contributed by atoms with van der Waals surface area (Å²) in [4.78, 5) is 4.06. The van der Waals surface area contributed by atoms with Crippen LogP contribution in [-0.2, 0) is 12.7 Å². The van der Waals surface area contributed by atoms with Crippen molar-refractivity contribution in [2.24, 2.45) is 0 Å². The van der Waals surface area contributed by atoms with Gasteiger partial charge in [0.25, 0.3) is 0 Å². The Balaban J connectivity index is 2.36. The molecule has 2 rings (SSSR count). The quantitative estimate of drug-likeness (QED) is 0.848. The molecule has 0 atom stereocenters. The number of rotatable bonds is 2. The van der Waals surface area contributed by atoms with E-state index in [-0.39, 0.29) is 6.54 Å². The van der Waals surface area contributed by atoms with Crippen LogP contribution in [0.25, 0.3) is 11.3 Å². The van der Waals surface area contributed by atoms with Crippen LogP contribution in [0.5, 0.6) is 0 Å². The predicted octanol–water partition coefficient (Wildman–Crippen LogP) is 2.78. The number of halogens is 3. The third-order valence-electron chi connectivity index (χ3n) is 2.63. The summed E-state index contributed by atoms with van der Waals surface area (Å²) in [7, 11) is 0. The van der Waals surface area contributed by atoms with Crippen molar-refractivity contribution >= 4 is 5.82 Å². The van der Waals surface area contributed by atoms with E-state index in [1.54, 1.807) is 4.57 Å². The summed E-state index contributed by atoms with van der Waals surface area (Å²) in [5, 5.41) is 0. The fraction of sp³-hybridized carbons (Fsp3) is 0.154. The van der Waals surface area contributed by atoms with Crippen molar-refractivity contribution < 1.29 is 13.2 Å². The first-order valence-corrected chi connectivity index (χ1v) is 5.35. The molecule has 1 aromatic carbocycles. The van der Waals surface area contributed by atoms with Gasteiger partial charge in [0, 0.05) is 5.56 Å². The van der Waals surface area contributed by atoms with Crippen molar-refractivity contribution in [2.45, 2.75) is 12.7 Å². The molecule has 6 heteroatoms. The van der Waals surface area contributed by atoms with E-state index in [2.05, 4.69) is 10.9 Å². The number of hydrogen-bond acceptors (Lipinski definition) is 2. The Labute approximate surface area is 107 Å². The van der Waals surface area contributed by atoms with Crippen LogP contribution in [0.3, 0.4) is 0 Å². The molecule has 1 aromatic heterocycles. The van der Waals surface area contributed by atoms with Gasteiger partial charge in [-0.1, -0.05) is 18.1 Å². The Morgan fingerprint density at radius 2 is 1.89 bits per heavy atom. The molecule has 0 bridgehead atoms. The van der Waals surface area contributed by atoms with Gasteiger partial charge in [-0.05, 0) is 12.1 Å². The highest BCUT2D eigenvalue weighted by Gasteiger charge is 2.30. The van der Waals surface area contributed by atoms with Gasteiger partial charge in [0.1, 0.15) is 11.5 Å². The second kappa shape index (κ2) is 4.69. The molecule has 0 radical (unpaired) electrons. The Morgan fingerprint density at radius 3 is 2.42 bits per heavy atom. The maximum absolute atomic E-state index is 12.4. The van der Waals surface area contributed by atoms with Crippen LogP contribution in [0, 0.1) is 12.3 Å². The fourth-order valence-electron chi connectivity index (χ4n) is 1.66. The van der Waals surface area contributed by atoms with Gasteiger partial charge in [0.15, 0.2) is 0 Å². The SMILES string of the molecule is C#CCn1cnc(-c2ccc(C(F)(F)F)cc2)c1N. The van der Waals surface area contributed by atoms with Crippen LogP contribution < -0.4 is 5.73 Å². The molecule has 3 nitrogen and oxygen atoms in total. The van der Waals surface area contributed by atoms with Gasteiger partial charge < -0.3 is 10.3 Å². The molecule has 2 aromatic rings. The van der Waals surface area contributed by atoms with Gasteiger partial charge in [0.2, 0.25) is 0 Å². The molecule has 0 unspecified atom stereocenters. The first-order chi connectivity index (χ1) is 8.93. The summed E-state index contributed by atoms with van der Waals surface area (Å²) < 4.78 is 38.9. The van der Waals surface area contributed by atoms with Crippen LogP contribution >= 0.6 is 0 Å². The topological polar surface area (TPSA) is 43.8 Å². The zero-order valence-electron chi connectivity index (χ0n) is 9.78. The summed E-state index contributed by atoms with van der Waals surface area (Å²) in [6.07, 6.45) is 2.27. The van der Waals surface area contributed by atoms with Gasteiger partial charge in [-0.2, -0.15) is 13.2 Å². The second-order valence-electron chi connectivity index (χ2n) is 3.89. The van der Waals surface area contributed by atoms with Gasteiger partial charge in [-0.15, -0.1) is 6.42 Å². The molecule has 0 amide bonds. The number of imidazole rings is 1. The minimum absolute atomic E-state index is 0.263. The highest BCUT2D eigenvalue weighted by Crippen LogP contribution is 2.31. The highest BCUT2D eigenvalue weighted by molar-refractivity contribution is 5.70. The zero-order valence-corrected chi connectivity index (χ0v) is 9.78. The third kappa shape index (κ3) is 2.55. The molecule has 0 fully saturated rings. The standard InChI is InChI=1S/C13H10F3N3/c1-2-7-19-8-18-11(12(19)17)9-3-5-10(6-4-9)13(14,15)16/h1,3-6,8H,7,17H2. The molecular weight excluding hydrogens is 255 g/mol. The first kappa shape index (κ1) is 13.0. The van der Waals surface area contributed by atoms with E-state index >= 15 is 0 Å². The molecule has 0 aliphatic heterocycles. The maximum atomic E-state index is 12.4. The summed E-state index contributed by atoms with van der Waals surface area (Å²) in [5.41, 5.74) is 6.05. The molecule has 98 valence electrons. The van der Waals surface area contributed by atoms with E-state index in [1.807, 2.05) is 0 Å². The maximum Gasteiger partial charge on any atom is 0.416 e. The minimum Gasteiger partial charge on any atom is -0.383 e. The summed E-state index contributed by atoms with van der Waals surface area (Å²) in [5.74, 6) is 2.74. The molecule has 2 N–H and O–H groups in total. The number of terminal acetylenes is 1. The summed E-state index contributed by atoms with van der Waals surface area (Å²) >= 11 is 0. The Kier molecular flexibility index (Phi) is 3.21. The van der Waals surface area contributed by atoms with Crippen molar-refractivity contribution in [2.75, 3.05) is 5.73 Å². The molecule has 0 saturated carbocycles. The van der Waals surface area contributed by atoms with Crippen LogP contribution in [0.2, 0.25) is 0 Å². The van der Waals surface area contributed by atoms with E-state index in [1.165, 1.54) is 18.5 Å². The lowest BCUT2D eigenvalue weighted by molar-refractivity contribution is -0.137. The Bertz CT molecular complexity index is 618. The number of hydrogen-bond donors (Lipinski definition) is 1. The molecule has 19 heavy (non-hydrogen) atoms. The lowest BCUT2D eigenvalue weighted by Crippen LogP contribution is -2.04. The number of benzene rings is 1. The number of aromatic nitrogens is 2. The van der Waals surface area contributed by atoms with Crippen molar-refractivity contribution in [3.8, 4) is 23.6 Å². The van der Waals surface area contributed by atoms with Crippen LogP contribution in [0.1, 0.15) is 5.56 Å². The normalized spacial score (nSPS) is 11.3. The molecule has 0 saturated heterocycles. The first-order valence-electron chi connectivity index (χ1n) is 5.35. The van der Waals surface area contributed by atoms with Gasteiger partial charge >= 0.3 is 6.18 Å². The predicted molar refractivity (Wildman–Crippen MR) is 65.9 cm³/mol. The monoisotopic (exact) mass is 265 g/mol. The lowest BCUT2D eigenvalue weighted by atomic mass is 10.1. The van der Waals surface area contributed by atoms with Gasteiger partial charge in [0.05, 0.1) is 18.4 Å². The average molecular weight is 265 g/mol. The van der Waals surface area contributed by atoms with Crippen molar-refractivity contribution in [1.29, 1.82) is 0 Å².